The number of nitrogens with zero attached hydrogens (tertiary/aromatic N) is 4. The van der Waals surface area contributed by atoms with Crippen molar-refractivity contribution in [3.8, 4) is 0 Å². The molecule has 1 aliphatic rings. The molecule has 2 heterocycles. The molecule has 1 N–H and O–H groups in total. The Kier molecular flexibility index (Phi) is 2.67. The van der Waals surface area contributed by atoms with Crippen LogP contribution in [0.15, 0.2) is 0 Å². The second kappa shape index (κ2) is 3.95. The van der Waals surface area contributed by atoms with Gasteiger partial charge in [-0.15, -0.1) is 10.2 Å². The van der Waals surface area contributed by atoms with Gasteiger partial charge in [0.1, 0.15) is 0 Å². The number of amides is 1. The topological polar surface area (TPSA) is 74.8 Å². The summed E-state index contributed by atoms with van der Waals surface area (Å²) in [5.74, 6) is 2.10. The van der Waals surface area contributed by atoms with Gasteiger partial charge in [-0.05, 0) is 17.4 Å². The number of hydrogen-bond acceptors (Lipinski definition) is 5. The molecule has 0 saturated carbocycles. The highest BCUT2D eigenvalue weighted by molar-refractivity contribution is 7.99. The molecule has 1 aliphatic heterocycles. The van der Waals surface area contributed by atoms with Crippen molar-refractivity contribution in [1.82, 2.24) is 25.5 Å². The van der Waals surface area contributed by atoms with Gasteiger partial charge in [0.05, 0.1) is 0 Å². The lowest BCUT2D eigenvalue weighted by molar-refractivity contribution is 0.0735. The number of rotatable bonds is 2. The highest BCUT2D eigenvalue weighted by Crippen LogP contribution is 2.21. The monoisotopic (exact) mass is 213 g/mol. The van der Waals surface area contributed by atoms with Crippen molar-refractivity contribution in [3.63, 3.8) is 0 Å². The van der Waals surface area contributed by atoms with Crippen LogP contribution in [0.2, 0.25) is 0 Å². The largest absolute Gasteiger partial charge is 0.335 e. The van der Waals surface area contributed by atoms with E-state index in [-0.39, 0.29) is 11.7 Å². The Morgan fingerprint density at radius 3 is 3.14 bits per heavy atom. The van der Waals surface area contributed by atoms with Crippen LogP contribution in [0.5, 0.6) is 0 Å². The standard InChI is InChI=1S/C7H11N5OS/c1-12(5-2-3-14-4-5)7(13)6-8-10-11-9-6/h5H,2-4H2,1H3,(H,8,9,10,11). The van der Waals surface area contributed by atoms with Gasteiger partial charge in [0, 0.05) is 18.8 Å². The third-order valence-electron chi connectivity index (χ3n) is 2.31. The molecule has 0 spiro atoms. The fourth-order valence-electron chi connectivity index (χ4n) is 1.40. The quantitative estimate of drug-likeness (QED) is 0.735. The summed E-state index contributed by atoms with van der Waals surface area (Å²) in [6, 6.07) is 0.311. The highest BCUT2D eigenvalue weighted by Gasteiger charge is 2.26. The fraction of sp³-hybridized carbons (Fsp3) is 0.714. The van der Waals surface area contributed by atoms with Crippen LogP contribution in [0.1, 0.15) is 17.0 Å². The number of nitrogens with one attached hydrogen (secondary N) is 1. The number of carbonyl (C=O) groups is 1. The first-order chi connectivity index (χ1) is 6.79. The Morgan fingerprint density at radius 1 is 1.71 bits per heavy atom. The second-order valence-electron chi connectivity index (χ2n) is 3.17. The normalized spacial score (nSPS) is 21.1. The van der Waals surface area contributed by atoms with Crippen molar-refractivity contribution in [3.05, 3.63) is 5.82 Å². The average Bonchev–Trinajstić information content (AvgIpc) is 2.87. The van der Waals surface area contributed by atoms with Crippen LogP contribution in [0.4, 0.5) is 0 Å². The Bertz CT molecular complexity index is 308. The van der Waals surface area contributed by atoms with Crippen LogP contribution in [0.25, 0.3) is 0 Å². The molecule has 0 aromatic carbocycles. The van der Waals surface area contributed by atoms with Crippen LogP contribution >= 0.6 is 11.8 Å². The molecule has 1 aromatic heterocycles. The molecule has 1 aromatic rings. The highest BCUT2D eigenvalue weighted by atomic mass is 32.2. The lowest BCUT2D eigenvalue weighted by Gasteiger charge is -2.21. The molecule has 7 heteroatoms. The zero-order chi connectivity index (χ0) is 9.97. The van der Waals surface area contributed by atoms with E-state index < -0.39 is 0 Å². The van der Waals surface area contributed by atoms with E-state index in [2.05, 4.69) is 20.6 Å². The molecular weight excluding hydrogens is 202 g/mol. The SMILES string of the molecule is CN(C(=O)c1nn[nH]n1)C1CCSC1. The van der Waals surface area contributed by atoms with Gasteiger partial charge in [-0.3, -0.25) is 4.79 Å². The summed E-state index contributed by atoms with van der Waals surface area (Å²) >= 11 is 1.87. The maximum atomic E-state index is 11.7. The lowest BCUT2D eigenvalue weighted by Crippen LogP contribution is -2.37. The second-order valence-corrected chi connectivity index (χ2v) is 4.32. The minimum atomic E-state index is -0.161. The molecule has 1 atom stereocenters. The zero-order valence-electron chi connectivity index (χ0n) is 7.80. The van der Waals surface area contributed by atoms with E-state index in [0.29, 0.717) is 6.04 Å². The third kappa shape index (κ3) is 1.72. The number of aromatic amines is 1. The van der Waals surface area contributed by atoms with E-state index >= 15 is 0 Å². The van der Waals surface area contributed by atoms with Crippen LogP contribution in [-0.2, 0) is 0 Å². The summed E-state index contributed by atoms with van der Waals surface area (Å²) in [7, 11) is 1.79. The maximum Gasteiger partial charge on any atom is 0.295 e. The maximum absolute atomic E-state index is 11.7. The van der Waals surface area contributed by atoms with Gasteiger partial charge >= 0.3 is 0 Å². The summed E-state index contributed by atoms with van der Waals surface area (Å²) in [4.78, 5) is 13.4. The van der Waals surface area contributed by atoms with E-state index in [1.54, 1.807) is 11.9 Å². The molecule has 1 amide bonds. The van der Waals surface area contributed by atoms with E-state index in [1.807, 2.05) is 11.8 Å². The van der Waals surface area contributed by atoms with Crippen molar-refractivity contribution < 1.29 is 4.79 Å². The van der Waals surface area contributed by atoms with Crippen molar-refractivity contribution in [1.29, 1.82) is 0 Å². The van der Waals surface area contributed by atoms with Gasteiger partial charge in [-0.2, -0.15) is 17.0 Å². The van der Waals surface area contributed by atoms with E-state index in [1.165, 1.54) is 0 Å². The Balaban J connectivity index is 2.04. The van der Waals surface area contributed by atoms with Gasteiger partial charge in [0.2, 0.25) is 0 Å². The summed E-state index contributed by atoms with van der Waals surface area (Å²) in [6.07, 6.45) is 1.05. The Labute approximate surface area is 85.4 Å². The molecular formula is C7H11N5OS. The van der Waals surface area contributed by atoms with Crippen molar-refractivity contribution in [2.45, 2.75) is 12.5 Å². The Hall–Kier alpha value is -1.11. The Morgan fingerprint density at radius 2 is 2.57 bits per heavy atom. The summed E-state index contributed by atoms with van der Waals surface area (Å²) in [6.45, 7) is 0. The number of H-pyrrole nitrogens is 1. The first-order valence-electron chi connectivity index (χ1n) is 4.37. The average molecular weight is 213 g/mol. The van der Waals surface area contributed by atoms with Gasteiger partial charge in [0.25, 0.3) is 11.7 Å². The molecule has 0 aliphatic carbocycles. The lowest BCUT2D eigenvalue weighted by atomic mass is 10.2. The molecule has 1 saturated heterocycles. The first kappa shape index (κ1) is 9.45. The zero-order valence-corrected chi connectivity index (χ0v) is 8.62. The van der Waals surface area contributed by atoms with Crippen molar-refractivity contribution in [2.24, 2.45) is 0 Å². The number of thioether (sulfide) groups is 1. The third-order valence-corrected chi connectivity index (χ3v) is 3.46. The van der Waals surface area contributed by atoms with E-state index in [9.17, 15) is 4.79 Å². The van der Waals surface area contributed by atoms with Crippen LogP contribution in [0.3, 0.4) is 0 Å². The van der Waals surface area contributed by atoms with Crippen molar-refractivity contribution >= 4 is 17.7 Å². The number of carbonyl (C=O) groups excluding carboxylic acids is 1. The van der Waals surface area contributed by atoms with Gasteiger partial charge in [-0.25, -0.2) is 0 Å². The minimum absolute atomic E-state index is 0.143. The van der Waals surface area contributed by atoms with Gasteiger partial charge in [0.15, 0.2) is 0 Å². The summed E-state index contributed by atoms with van der Waals surface area (Å²) in [5, 5.41) is 13.0. The number of tetrazole rings is 1. The fourth-order valence-corrected chi connectivity index (χ4v) is 2.67. The molecule has 1 fully saturated rings. The molecule has 2 rings (SSSR count). The summed E-state index contributed by atoms with van der Waals surface area (Å²) in [5.41, 5.74) is 0. The minimum Gasteiger partial charge on any atom is -0.335 e. The molecule has 14 heavy (non-hydrogen) atoms. The number of aromatic nitrogens is 4. The number of hydrogen-bond donors (Lipinski definition) is 1. The molecule has 6 nitrogen and oxygen atoms in total. The molecule has 1 unspecified atom stereocenters. The van der Waals surface area contributed by atoms with E-state index in [4.69, 9.17) is 0 Å². The molecule has 76 valence electrons. The van der Waals surface area contributed by atoms with Crippen molar-refractivity contribution in [2.75, 3.05) is 18.6 Å². The van der Waals surface area contributed by atoms with Crippen LogP contribution < -0.4 is 0 Å². The first-order valence-corrected chi connectivity index (χ1v) is 5.53. The molecule has 0 radical (unpaired) electrons. The van der Waals surface area contributed by atoms with Gasteiger partial charge in [-0.1, -0.05) is 0 Å². The molecule has 0 bridgehead atoms. The van der Waals surface area contributed by atoms with Gasteiger partial charge < -0.3 is 4.90 Å². The summed E-state index contributed by atoms with van der Waals surface area (Å²) < 4.78 is 0. The van der Waals surface area contributed by atoms with Crippen LogP contribution in [-0.4, -0.2) is 56.0 Å². The van der Waals surface area contributed by atoms with Crippen LogP contribution in [0, 0.1) is 0 Å². The predicted molar refractivity (Wildman–Crippen MR) is 52.0 cm³/mol. The smallest absolute Gasteiger partial charge is 0.295 e. The van der Waals surface area contributed by atoms with E-state index in [0.717, 1.165) is 17.9 Å². The predicted octanol–water partition coefficient (Wildman–Crippen LogP) is -0.223.